The van der Waals surface area contributed by atoms with Gasteiger partial charge in [-0.1, -0.05) is 6.92 Å². The van der Waals surface area contributed by atoms with Crippen LogP contribution in [0.4, 0.5) is 0 Å². The molecule has 0 saturated carbocycles. The van der Waals surface area contributed by atoms with Gasteiger partial charge in [0, 0.05) is 6.20 Å². The lowest BCUT2D eigenvalue weighted by Gasteiger charge is -2.11. The van der Waals surface area contributed by atoms with Gasteiger partial charge in [0.2, 0.25) is 0 Å². The standard InChI is InChI=1S/C12H16N4OS/c1-3-9(17)7-16-11(14-8-15-16)10-5-4-6-13-12(10)18-2/h4-6,8-9,17H,3,7H2,1-2H3. The van der Waals surface area contributed by atoms with E-state index in [4.69, 9.17) is 0 Å². The normalized spacial score (nSPS) is 12.6. The molecule has 1 unspecified atom stereocenters. The molecule has 0 aromatic carbocycles. The predicted octanol–water partition coefficient (Wildman–Crippen LogP) is 1.83. The zero-order valence-corrected chi connectivity index (χ0v) is 11.3. The van der Waals surface area contributed by atoms with E-state index in [1.807, 2.05) is 25.3 Å². The van der Waals surface area contributed by atoms with Gasteiger partial charge < -0.3 is 5.11 Å². The van der Waals surface area contributed by atoms with Gasteiger partial charge in [-0.25, -0.2) is 14.6 Å². The minimum Gasteiger partial charge on any atom is -0.391 e. The molecule has 1 N–H and O–H groups in total. The molecule has 0 bridgehead atoms. The molecule has 96 valence electrons. The largest absolute Gasteiger partial charge is 0.391 e. The molecule has 0 aliphatic rings. The van der Waals surface area contributed by atoms with E-state index >= 15 is 0 Å². The first kappa shape index (κ1) is 13.0. The summed E-state index contributed by atoms with van der Waals surface area (Å²) in [6.45, 7) is 2.40. The summed E-state index contributed by atoms with van der Waals surface area (Å²) in [5.41, 5.74) is 0.950. The predicted molar refractivity (Wildman–Crippen MR) is 71.3 cm³/mol. The Labute approximate surface area is 110 Å². The summed E-state index contributed by atoms with van der Waals surface area (Å²) in [5.74, 6) is 0.750. The molecular weight excluding hydrogens is 248 g/mol. The third-order valence-electron chi connectivity index (χ3n) is 2.68. The van der Waals surface area contributed by atoms with Gasteiger partial charge >= 0.3 is 0 Å². The van der Waals surface area contributed by atoms with Crippen molar-refractivity contribution in [1.82, 2.24) is 19.7 Å². The summed E-state index contributed by atoms with van der Waals surface area (Å²) >= 11 is 1.57. The van der Waals surface area contributed by atoms with E-state index in [9.17, 15) is 5.11 Å². The fraction of sp³-hybridized carbons (Fsp3) is 0.417. The Kier molecular flexibility index (Phi) is 4.33. The van der Waals surface area contributed by atoms with E-state index in [0.717, 1.165) is 16.4 Å². The van der Waals surface area contributed by atoms with E-state index < -0.39 is 6.10 Å². The molecular formula is C12H16N4OS. The van der Waals surface area contributed by atoms with Crippen molar-refractivity contribution in [3.63, 3.8) is 0 Å². The van der Waals surface area contributed by atoms with Crippen molar-refractivity contribution in [2.75, 3.05) is 6.26 Å². The maximum atomic E-state index is 9.72. The van der Waals surface area contributed by atoms with Crippen LogP contribution < -0.4 is 0 Å². The van der Waals surface area contributed by atoms with Gasteiger partial charge in [0.05, 0.1) is 18.2 Å². The van der Waals surface area contributed by atoms with Crippen LogP contribution in [0.1, 0.15) is 13.3 Å². The number of pyridine rings is 1. The average Bonchev–Trinajstić information content (AvgIpc) is 2.86. The van der Waals surface area contributed by atoms with Crippen molar-refractivity contribution in [3.8, 4) is 11.4 Å². The number of rotatable bonds is 5. The molecule has 1 atom stereocenters. The zero-order valence-electron chi connectivity index (χ0n) is 10.4. The number of thioether (sulfide) groups is 1. The second kappa shape index (κ2) is 5.97. The summed E-state index contributed by atoms with van der Waals surface area (Å²) in [6, 6.07) is 3.85. The van der Waals surface area contributed by atoms with Gasteiger partial charge in [-0.3, -0.25) is 0 Å². The highest BCUT2D eigenvalue weighted by Gasteiger charge is 2.14. The summed E-state index contributed by atoms with van der Waals surface area (Å²) in [7, 11) is 0. The van der Waals surface area contributed by atoms with Crippen molar-refractivity contribution in [1.29, 1.82) is 0 Å². The molecule has 0 radical (unpaired) electrons. The number of aliphatic hydroxyl groups is 1. The van der Waals surface area contributed by atoms with Crippen molar-refractivity contribution in [3.05, 3.63) is 24.7 Å². The Balaban J connectivity index is 2.36. The fourth-order valence-corrected chi connectivity index (χ4v) is 2.20. The Morgan fingerprint density at radius 1 is 1.44 bits per heavy atom. The quantitative estimate of drug-likeness (QED) is 0.835. The number of hydrogen-bond acceptors (Lipinski definition) is 5. The molecule has 0 spiro atoms. The van der Waals surface area contributed by atoms with Crippen molar-refractivity contribution < 1.29 is 5.11 Å². The fourth-order valence-electron chi connectivity index (χ4n) is 1.66. The maximum absolute atomic E-state index is 9.72. The monoisotopic (exact) mass is 264 g/mol. The maximum Gasteiger partial charge on any atom is 0.160 e. The van der Waals surface area contributed by atoms with Crippen LogP contribution in [0.3, 0.4) is 0 Å². The Morgan fingerprint density at radius 2 is 2.28 bits per heavy atom. The minimum atomic E-state index is -0.403. The van der Waals surface area contributed by atoms with Crippen LogP contribution in [-0.2, 0) is 6.54 Å². The van der Waals surface area contributed by atoms with Crippen LogP contribution in [0.15, 0.2) is 29.7 Å². The Morgan fingerprint density at radius 3 is 3.00 bits per heavy atom. The lowest BCUT2D eigenvalue weighted by atomic mass is 10.2. The molecule has 0 amide bonds. The second-order valence-corrected chi connectivity index (χ2v) is 4.68. The topological polar surface area (TPSA) is 63.8 Å². The van der Waals surface area contributed by atoms with Crippen molar-refractivity contribution in [2.45, 2.75) is 31.0 Å². The zero-order chi connectivity index (χ0) is 13.0. The molecule has 6 heteroatoms. The van der Waals surface area contributed by atoms with Crippen molar-refractivity contribution in [2.24, 2.45) is 0 Å². The van der Waals surface area contributed by atoms with Gasteiger partial charge in [0.25, 0.3) is 0 Å². The van der Waals surface area contributed by atoms with Gasteiger partial charge in [-0.2, -0.15) is 5.10 Å². The molecule has 2 rings (SSSR count). The summed E-state index contributed by atoms with van der Waals surface area (Å²) in [6.07, 6.45) is 5.54. The van der Waals surface area contributed by atoms with Crippen LogP contribution in [0.25, 0.3) is 11.4 Å². The number of nitrogens with zero attached hydrogens (tertiary/aromatic N) is 4. The van der Waals surface area contributed by atoms with Gasteiger partial charge in [0.15, 0.2) is 5.82 Å². The third kappa shape index (κ3) is 2.70. The highest BCUT2D eigenvalue weighted by atomic mass is 32.2. The molecule has 0 fully saturated rings. The number of aliphatic hydroxyl groups excluding tert-OH is 1. The van der Waals surface area contributed by atoms with Gasteiger partial charge in [-0.05, 0) is 24.8 Å². The second-order valence-electron chi connectivity index (χ2n) is 3.89. The first-order chi connectivity index (χ1) is 8.76. The Bertz CT molecular complexity index is 514. The average molecular weight is 264 g/mol. The summed E-state index contributed by atoms with van der Waals surface area (Å²) in [5, 5.41) is 14.8. The molecule has 5 nitrogen and oxygen atoms in total. The van der Waals surface area contributed by atoms with Crippen LogP contribution in [0, 0.1) is 0 Å². The van der Waals surface area contributed by atoms with Gasteiger partial charge in [0.1, 0.15) is 11.4 Å². The summed E-state index contributed by atoms with van der Waals surface area (Å²) < 4.78 is 1.73. The highest BCUT2D eigenvalue weighted by Crippen LogP contribution is 2.26. The molecule has 2 aromatic heterocycles. The van der Waals surface area contributed by atoms with Crippen LogP contribution in [0.2, 0.25) is 0 Å². The van der Waals surface area contributed by atoms with Crippen LogP contribution in [-0.4, -0.2) is 37.2 Å². The molecule has 18 heavy (non-hydrogen) atoms. The first-order valence-electron chi connectivity index (χ1n) is 5.81. The van der Waals surface area contributed by atoms with E-state index in [-0.39, 0.29) is 0 Å². The number of aromatic nitrogens is 4. The van der Waals surface area contributed by atoms with Crippen molar-refractivity contribution >= 4 is 11.8 Å². The van der Waals surface area contributed by atoms with E-state index in [2.05, 4.69) is 15.1 Å². The SMILES string of the molecule is CCC(O)Cn1ncnc1-c1cccnc1SC. The highest BCUT2D eigenvalue weighted by molar-refractivity contribution is 7.98. The van der Waals surface area contributed by atoms with Crippen LogP contribution >= 0.6 is 11.8 Å². The van der Waals surface area contributed by atoms with Gasteiger partial charge in [-0.15, -0.1) is 11.8 Å². The van der Waals surface area contributed by atoms with E-state index in [1.165, 1.54) is 6.33 Å². The minimum absolute atomic E-state index is 0.403. The van der Waals surface area contributed by atoms with E-state index in [0.29, 0.717) is 13.0 Å². The molecule has 2 aromatic rings. The molecule has 0 aliphatic heterocycles. The third-order valence-corrected chi connectivity index (χ3v) is 3.39. The van der Waals surface area contributed by atoms with Crippen LogP contribution in [0.5, 0.6) is 0 Å². The van der Waals surface area contributed by atoms with E-state index in [1.54, 1.807) is 22.6 Å². The molecule has 2 heterocycles. The summed E-state index contributed by atoms with van der Waals surface area (Å²) in [4.78, 5) is 8.58. The smallest absolute Gasteiger partial charge is 0.160 e. The number of hydrogen-bond donors (Lipinski definition) is 1. The Hall–Kier alpha value is -1.40. The lowest BCUT2D eigenvalue weighted by molar-refractivity contribution is 0.146. The lowest BCUT2D eigenvalue weighted by Crippen LogP contribution is -2.16. The molecule has 0 saturated heterocycles. The molecule has 0 aliphatic carbocycles. The first-order valence-corrected chi connectivity index (χ1v) is 7.04.